The smallest absolute Gasteiger partial charge is 0.206 e. The Bertz CT molecular complexity index is 566. The second-order valence-electron chi connectivity index (χ2n) is 5.46. The molecule has 2 heterocycles. The predicted molar refractivity (Wildman–Crippen MR) is 73.5 cm³/mol. The summed E-state index contributed by atoms with van der Waals surface area (Å²) >= 11 is 0. The van der Waals surface area contributed by atoms with E-state index in [-0.39, 0.29) is 19.7 Å². The van der Waals surface area contributed by atoms with Gasteiger partial charge in [-0.25, -0.2) is 8.78 Å². The molecule has 0 N–H and O–H groups in total. The topological polar surface area (TPSA) is 30.9 Å². The molecule has 0 unspecified atom stereocenters. The molecule has 0 saturated carbocycles. The maximum absolute atomic E-state index is 14.2. The molecule has 1 aromatic rings. The van der Waals surface area contributed by atoms with E-state index in [0.717, 1.165) is 0 Å². The minimum atomic E-state index is -1.52. The van der Waals surface area contributed by atoms with Gasteiger partial charge in [-0.15, -0.1) is 0 Å². The number of anilines is 1. The number of nitrogens with zero attached hydrogens (tertiary/aromatic N) is 1. The molecule has 0 aromatic heterocycles. The largest absolute Gasteiger partial charge is 0.488 e. The van der Waals surface area contributed by atoms with Crippen molar-refractivity contribution < 1.29 is 31.8 Å². The zero-order valence-corrected chi connectivity index (χ0v) is 12.6. The first-order valence-electron chi connectivity index (χ1n) is 7.50. The van der Waals surface area contributed by atoms with Crippen molar-refractivity contribution in [3.05, 3.63) is 23.3 Å². The van der Waals surface area contributed by atoms with Crippen LogP contribution in [-0.2, 0) is 9.47 Å². The van der Waals surface area contributed by atoms with E-state index in [0.29, 0.717) is 26.1 Å². The number of hydrogen-bond donors (Lipinski definition) is 0. The zero-order valence-electron chi connectivity index (χ0n) is 12.6. The Balaban J connectivity index is 1.89. The van der Waals surface area contributed by atoms with Gasteiger partial charge in [0, 0.05) is 25.9 Å². The molecule has 0 aliphatic carbocycles. The Morgan fingerprint density at radius 1 is 0.957 bits per heavy atom. The van der Waals surface area contributed by atoms with E-state index in [1.807, 2.05) is 0 Å². The van der Waals surface area contributed by atoms with Crippen LogP contribution in [0.4, 0.5) is 23.2 Å². The lowest BCUT2D eigenvalue weighted by molar-refractivity contribution is -0.169. The fraction of sp³-hybridized carbons (Fsp3) is 0.600. The Morgan fingerprint density at radius 2 is 1.48 bits per heavy atom. The lowest BCUT2D eigenvalue weighted by Gasteiger charge is -2.38. The third kappa shape index (κ3) is 2.74. The van der Waals surface area contributed by atoms with Gasteiger partial charge in [-0.3, -0.25) is 0 Å². The number of benzene rings is 1. The van der Waals surface area contributed by atoms with E-state index in [1.165, 1.54) is 11.8 Å². The molecule has 3 rings (SSSR count). The monoisotopic (exact) mass is 335 g/mol. The first-order chi connectivity index (χ1) is 11.0. The van der Waals surface area contributed by atoms with E-state index in [9.17, 15) is 17.6 Å². The number of rotatable bonds is 3. The van der Waals surface area contributed by atoms with Gasteiger partial charge >= 0.3 is 0 Å². The molecule has 2 saturated heterocycles. The fourth-order valence-corrected chi connectivity index (χ4v) is 3.01. The van der Waals surface area contributed by atoms with Crippen molar-refractivity contribution in [1.82, 2.24) is 0 Å². The minimum absolute atomic E-state index is 0.104. The van der Waals surface area contributed by atoms with E-state index >= 15 is 0 Å². The van der Waals surface area contributed by atoms with Crippen LogP contribution in [0.15, 0.2) is 0 Å². The van der Waals surface area contributed by atoms with Crippen molar-refractivity contribution in [2.75, 3.05) is 37.8 Å². The summed E-state index contributed by atoms with van der Waals surface area (Å²) in [6.07, 6.45) is 0.727. The zero-order chi connectivity index (χ0) is 16.6. The summed E-state index contributed by atoms with van der Waals surface area (Å²) in [5, 5.41) is 0. The molecule has 4 nitrogen and oxygen atoms in total. The lowest BCUT2D eigenvalue weighted by Crippen LogP contribution is -2.45. The van der Waals surface area contributed by atoms with Crippen molar-refractivity contribution >= 4 is 5.69 Å². The standard InChI is InChI=1S/C15H17F4NO3/c1-2-21-14-11(18)9(16)13(10(17)12(14)19)20-5-3-15(4-6-20)22-7-8-23-15/h2-8H2,1H3. The van der Waals surface area contributed by atoms with Crippen molar-refractivity contribution in [3.63, 3.8) is 0 Å². The molecule has 128 valence electrons. The molecule has 0 amide bonds. The van der Waals surface area contributed by atoms with Gasteiger partial charge in [0.15, 0.2) is 23.2 Å². The number of piperidine rings is 1. The summed E-state index contributed by atoms with van der Waals surface area (Å²) in [4.78, 5) is 1.27. The highest BCUT2D eigenvalue weighted by molar-refractivity contribution is 5.54. The van der Waals surface area contributed by atoms with E-state index in [4.69, 9.17) is 9.47 Å². The molecule has 1 spiro atoms. The van der Waals surface area contributed by atoms with Gasteiger partial charge in [0.2, 0.25) is 11.6 Å². The van der Waals surface area contributed by atoms with Crippen LogP contribution in [-0.4, -0.2) is 38.7 Å². The van der Waals surface area contributed by atoms with Crippen molar-refractivity contribution in [2.45, 2.75) is 25.6 Å². The predicted octanol–water partition coefficient (Wildman–Crippen LogP) is 2.99. The van der Waals surface area contributed by atoms with Crippen molar-refractivity contribution in [3.8, 4) is 5.75 Å². The van der Waals surface area contributed by atoms with E-state index < -0.39 is 40.5 Å². The summed E-state index contributed by atoms with van der Waals surface area (Å²) in [6.45, 7) is 2.63. The first kappa shape index (κ1) is 16.3. The maximum atomic E-state index is 14.2. The van der Waals surface area contributed by atoms with E-state index in [1.54, 1.807) is 0 Å². The quantitative estimate of drug-likeness (QED) is 0.628. The molecular formula is C15H17F4NO3. The molecule has 8 heteroatoms. The minimum Gasteiger partial charge on any atom is -0.488 e. The van der Waals surface area contributed by atoms with Crippen LogP contribution in [0.5, 0.6) is 5.75 Å². The fourth-order valence-electron chi connectivity index (χ4n) is 3.01. The first-order valence-corrected chi connectivity index (χ1v) is 7.50. The van der Waals surface area contributed by atoms with Crippen LogP contribution in [0.1, 0.15) is 19.8 Å². The van der Waals surface area contributed by atoms with Crippen LogP contribution in [0, 0.1) is 23.3 Å². The molecule has 2 aliphatic heterocycles. The van der Waals surface area contributed by atoms with Crippen molar-refractivity contribution in [2.24, 2.45) is 0 Å². The lowest BCUT2D eigenvalue weighted by atomic mass is 10.0. The molecule has 23 heavy (non-hydrogen) atoms. The summed E-state index contributed by atoms with van der Waals surface area (Å²) < 4.78 is 72.0. The van der Waals surface area contributed by atoms with Gasteiger partial charge in [-0.05, 0) is 6.92 Å². The highest BCUT2D eigenvalue weighted by Crippen LogP contribution is 2.39. The second kappa shape index (κ2) is 6.16. The normalized spacial score (nSPS) is 20.3. The van der Waals surface area contributed by atoms with Crippen LogP contribution in [0.25, 0.3) is 0 Å². The van der Waals surface area contributed by atoms with Crippen molar-refractivity contribution in [1.29, 1.82) is 0 Å². The van der Waals surface area contributed by atoms with Crippen LogP contribution >= 0.6 is 0 Å². The Kier molecular flexibility index (Phi) is 4.37. The molecular weight excluding hydrogens is 318 g/mol. The Labute approximate surface area is 130 Å². The Morgan fingerprint density at radius 3 is 1.96 bits per heavy atom. The third-order valence-electron chi connectivity index (χ3n) is 4.14. The maximum Gasteiger partial charge on any atom is 0.206 e. The summed E-state index contributed by atoms with van der Waals surface area (Å²) in [5.41, 5.74) is -0.712. The molecule has 2 fully saturated rings. The van der Waals surface area contributed by atoms with Crippen LogP contribution < -0.4 is 9.64 Å². The summed E-state index contributed by atoms with van der Waals surface area (Å²) in [7, 11) is 0. The number of halogens is 4. The highest BCUT2D eigenvalue weighted by atomic mass is 19.2. The summed E-state index contributed by atoms with van der Waals surface area (Å²) in [5.74, 6) is -7.70. The number of hydrogen-bond acceptors (Lipinski definition) is 4. The van der Waals surface area contributed by atoms with Gasteiger partial charge in [-0.1, -0.05) is 0 Å². The van der Waals surface area contributed by atoms with Gasteiger partial charge in [-0.2, -0.15) is 8.78 Å². The molecule has 0 radical (unpaired) electrons. The third-order valence-corrected chi connectivity index (χ3v) is 4.14. The van der Waals surface area contributed by atoms with Crippen LogP contribution in [0.2, 0.25) is 0 Å². The summed E-state index contributed by atoms with van der Waals surface area (Å²) in [6, 6.07) is 0. The molecule has 2 aliphatic rings. The second-order valence-corrected chi connectivity index (χ2v) is 5.46. The molecule has 0 bridgehead atoms. The van der Waals surface area contributed by atoms with E-state index in [2.05, 4.69) is 4.74 Å². The average molecular weight is 335 g/mol. The van der Waals surface area contributed by atoms with Gasteiger partial charge in [0.25, 0.3) is 0 Å². The Hall–Kier alpha value is -1.54. The van der Waals surface area contributed by atoms with Crippen LogP contribution in [0.3, 0.4) is 0 Å². The molecule has 0 atom stereocenters. The molecule has 1 aromatic carbocycles. The highest BCUT2D eigenvalue weighted by Gasteiger charge is 2.41. The van der Waals surface area contributed by atoms with Gasteiger partial charge < -0.3 is 19.1 Å². The average Bonchev–Trinajstić information content (AvgIpc) is 3.00. The SMILES string of the molecule is CCOc1c(F)c(F)c(N2CCC3(CC2)OCCO3)c(F)c1F. The van der Waals surface area contributed by atoms with Gasteiger partial charge in [0.1, 0.15) is 5.69 Å². The number of ether oxygens (including phenoxy) is 3. The van der Waals surface area contributed by atoms with Gasteiger partial charge in [0.05, 0.1) is 19.8 Å².